The molecule has 1 aromatic heterocycles. The largest absolute Gasteiger partial charge is 0.443 e. The Kier molecular flexibility index (Phi) is 12.7. The van der Waals surface area contributed by atoms with Crippen LogP contribution in [0.1, 0.15) is 50.8 Å². The monoisotopic (exact) mass is 711 g/mol. The van der Waals surface area contributed by atoms with Crippen LogP contribution in [0.2, 0.25) is 0 Å². The third-order valence-electron chi connectivity index (χ3n) is 9.89. The summed E-state index contributed by atoms with van der Waals surface area (Å²) in [5, 5.41) is 58.3. The van der Waals surface area contributed by atoms with Crippen molar-refractivity contribution < 1.29 is 44.6 Å². The molecule has 0 spiro atoms. The minimum Gasteiger partial charge on any atom is -0.443 e. The molecule has 5 rings (SSSR count). The predicted octanol–water partition coefficient (Wildman–Crippen LogP) is 0.373. The number of aryl methyl sites for hydroxylation is 3. The van der Waals surface area contributed by atoms with E-state index in [0.29, 0.717) is 49.3 Å². The second-order valence-electron chi connectivity index (χ2n) is 14.3. The van der Waals surface area contributed by atoms with E-state index in [-0.39, 0.29) is 37.3 Å². The average molecular weight is 712 g/mol. The summed E-state index contributed by atoms with van der Waals surface area (Å²) >= 11 is 0. The van der Waals surface area contributed by atoms with Crippen LogP contribution < -0.4 is 10.1 Å². The molecule has 51 heavy (non-hydrogen) atoms. The van der Waals surface area contributed by atoms with Crippen molar-refractivity contribution in [2.45, 2.75) is 102 Å². The molecule has 3 aromatic rings. The molecule has 14 heteroatoms. The second-order valence-corrected chi connectivity index (χ2v) is 14.3. The van der Waals surface area contributed by atoms with Crippen molar-refractivity contribution in [3.63, 3.8) is 0 Å². The van der Waals surface area contributed by atoms with Crippen LogP contribution in [0.4, 0.5) is 0 Å². The fraction of sp³-hybridized carbons (Fsp3) is 0.595. The molecule has 2 fully saturated rings. The third kappa shape index (κ3) is 9.06. The van der Waals surface area contributed by atoms with Crippen molar-refractivity contribution >= 4 is 22.7 Å². The molecule has 0 bridgehead atoms. The standard InChI is InChI=1S/C37H53N5O9/c1-23(2)40-16-18-41(19-17-40)36(49)37(3,4)38-29(45)15-13-25-10-8-24(9-11-25)12-14-26-6-5-7-27-30(26)34(39-42(27)20-21-43)51-35-33(48)32(47)31(46)28(22-44)50-35/h5-11,23,28,31-33,35,43-44,46-48H,12-22H2,1-4H3,(H,38,45)/t28-,31-,32+,33-,35+/m1/s1. The van der Waals surface area contributed by atoms with Gasteiger partial charge in [-0.3, -0.25) is 19.2 Å². The number of amides is 2. The Morgan fingerprint density at radius 2 is 1.61 bits per heavy atom. The van der Waals surface area contributed by atoms with Crippen LogP contribution in [0.25, 0.3) is 10.9 Å². The van der Waals surface area contributed by atoms with Crippen LogP contribution >= 0.6 is 0 Å². The molecule has 0 radical (unpaired) electrons. The van der Waals surface area contributed by atoms with Gasteiger partial charge in [0.15, 0.2) is 0 Å². The maximum atomic E-state index is 13.2. The number of carbonyl (C=O) groups excluding carboxylic acids is 2. The highest BCUT2D eigenvalue weighted by molar-refractivity contribution is 5.91. The predicted molar refractivity (Wildman–Crippen MR) is 189 cm³/mol. The van der Waals surface area contributed by atoms with Crippen LogP contribution in [0.5, 0.6) is 5.88 Å². The molecule has 6 N–H and O–H groups in total. The van der Waals surface area contributed by atoms with Crippen molar-refractivity contribution in [3.05, 3.63) is 59.2 Å². The quantitative estimate of drug-likeness (QED) is 0.136. The number of fused-ring (bicyclic) bond motifs is 1. The van der Waals surface area contributed by atoms with Crippen LogP contribution in [-0.4, -0.2) is 139 Å². The summed E-state index contributed by atoms with van der Waals surface area (Å²) in [6.45, 7) is 10.2. The van der Waals surface area contributed by atoms with Gasteiger partial charge in [-0.2, -0.15) is 0 Å². The molecule has 2 amide bonds. The van der Waals surface area contributed by atoms with Crippen LogP contribution in [0.3, 0.4) is 0 Å². The Morgan fingerprint density at radius 1 is 0.941 bits per heavy atom. The van der Waals surface area contributed by atoms with Gasteiger partial charge in [0.05, 0.1) is 30.7 Å². The Morgan fingerprint density at radius 3 is 2.24 bits per heavy atom. The van der Waals surface area contributed by atoms with E-state index in [2.05, 4.69) is 29.2 Å². The zero-order valence-electron chi connectivity index (χ0n) is 29.9. The molecule has 2 aromatic carbocycles. The van der Waals surface area contributed by atoms with Crippen LogP contribution in [0.15, 0.2) is 42.5 Å². The first-order valence-electron chi connectivity index (χ1n) is 17.8. The Hall–Kier alpha value is -3.63. The molecular formula is C37H53N5O9. The average Bonchev–Trinajstić information content (AvgIpc) is 3.47. The summed E-state index contributed by atoms with van der Waals surface area (Å²) < 4.78 is 13.1. The Balaban J connectivity index is 1.18. The number of carbonyl (C=O) groups is 2. The number of nitrogens with one attached hydrogen (secondary N) is 1. The van der Waals surface area contributed by atoms with Crippen LogP contribution in [0, 0.1) is 0 Å². The van der Waals surface area contributed by atoms with Gasteiger partial charge in [0.1, 0.15) is 30.0 Å². The molecule has 0 saturated carbocycles. The fourth-order valence-electron chi connectivity index (χ4n) is 6.80. The first-order valence-corrected chi connectivity index (χ1v) is 17.8. The van der Waals surface area contributed by atoms with Crippen molar-refractivity contribution in [2.75, 3.05) is 39.4 Å². The van der Waals surface area contributed by atoms with E-state index in [1.807, 2.05) is 47.4 Å². The number of benzene rings is 2. The van der Waals surface area contributed by atoms with Gasteiger partial charge < -0.3 is 45.2 Å². The fourth-order valence-corrected chi connectivity index (χ4v) is 6.80. The zero-order chi connectivity index (χ0) is 36.9. The smallest absolute Gasteiger partial charge is 0.247 e. The first-order chi connectivity index (χ1) is 24.3. The van der Waals surface area contributed by atoms with E-state index in [0.717, 1.165) is 29.8 Å². The molecule has 5 atom stereocenters. The lowest BCUT2D eigenvalue weighted by Gasteiger charge is -2.40. The topological polar surface area (TPSA) is 190 Å². The van der Waals surface area contributed by atoms with Gasteiger partial charge in [0.2, 0.25) is 24.0 Å². The number of rotatable bonds is 14. The minimum absolute atomic E-state index is 0.0624. The number of piperazine rings is 1. The van der Waals surface area contributed by atoms with Crippen molar-refractivity contribution in [1.29, 1.82) is 0 Å². The summed E-state index contributed by atoms with van der Waals surface area (Å²) in [5.41, 5.74) is 2.69. The summed E-state index contributed by atoms with van der Waals surface area (Å²) in [7, 11) is 0. The lowest BCUT2D eigenvalue weighted by Crippen LogP contribution is -2.60. The number of hydrogen-bond donors (Lipinski definition) is 6. The highest BCUT2D eigenvalue weighted by Gasteiger charge is 2.45. The maximum absolute atomic E-state index is 13.2. The number of aliphatic hydroxyl groups is 5. The molecule has 0 aliphatic carbocycles. The normalized spacial score (nSPS) is 23.2. The Bertz CT molecular complexity index is 1620. The molecule has 2 aliphatic rings. The van der Waals surface area contributed by atoms with Gasteiger partial charge in [-0.25, -0.2) is 0 Å². The summed E-state index contributed by atoms with van der Waals surface area (Å²) in [6.07, 6.45) is -5.18. The van der Waals surface area contributed by atoms with E-state index in [1.165, 1.54) is 0 Å². The molecule has 280 valence electrons. The van der Waals surface area contributed by atoms with E-state index in [9.17, 15) is 35.1 Å². The number of nitrogens with zero attached hydrogens (tertiary/aromatic N) is 4. The SMILES string of the molecule is CC(C)N1CCN(C(=O)C(C)(C)NC(=O)CCc2ccc(CCc3cccc4c3c(O[C@@H]3O[C@H](CO)[C@@H](O)[C@H](O)[C@H]3O)nn4CCO)cc2)CC1. The molecule has 3 heterocycles. The summed E-state index contributed by atoms with van der Waals surface area (Å²) in [5.74, 6) is -0.104. The van der Waals surface area contributed by atoms with E-state index >= 15 is 0 Å². The number of aromatic nitrogens is 2. The van der Waals surface area contributed by atoms with Gasteiger partial charge in [-0.15, -0.1) is 5.10 Å². The number of aliphatic hydroxyl groups excluding tert-OH is 5. The van der Waals surface area contributed by atoms with Gasteiger partial charge in [-0.1, -0.05) is 36.4 Å². The molecule has 2 saturated heterocycles. The lowest BCUT2D eigenvalue weighted by molar-refractivity contribution is -0.278. The molecule has 0 unspecified atom stereocenters. The Labute approximate surface area is 298 Å². The van der Waals surface area contributed by atoms with Gasteiger partial charge in [-0.05, 0) is 69.7 Å². The van der Waals surface area contributed by atoms with Crippen molar-refractivity contribution in [3.8, 4) is 5.88 Å². The minimum atomic E-state index is -1.60. The van der Waals surface area contributed by atoms with Gasteiger partial charge in [0, 0.05) is 38.6 Å². The maximum Gasteiger partial charge on any atom is 0.247 e. The highest BCUT2D eigenvalue weighted by Crippen LogP contribution is 2.33. The molecular weight excluding hydrogens is 658 g/mol. The molecule has 14 nitrogen and oxygen atoms in total. The van der Waals surface area contributed by atoms with Gasteiger partial charge >= 0.3 is 0 Å². The van der Waals surface area contributed by atoms with Crippen LogP contribution in [-0.2, 0) is 40.1 Å². The first kappa shape index (κ1) is 38.6. The second kappa shape index (κ2) is 16.8. The number of hydrogen-bond acceptors (Lipinski definition) is 11. The summed E-state index contributed by atoms with van der Waals surface area (Å²) in [6, 6.07) is 14.2. The van der Waals surface area contributed by atoms with E-state index in [4.69, 9.17) is 9.47 Å². The highest BCUT2D eigenvalue weighted by atomic mass is 16.7. The van der Waals surface area contributed by atoms with E-state index < -0.39 is 42.9 Å². The van der Waals surface area contributed by atoms with Crippen molar-refractivity contribution in [1.82, 2.24) is 24.9 Å². The summed E-state index contributed by atoms with van der Waals surface area (Å²) in [4.78, 5) is 30.3. The van der Waals surface area contributed by atoms with Crippen molar-refractivity contribution in [2.24, 2.45) is 0 Å². The lowest BCUT2D eigenvalue weighted by atomic mass is 9.99. The van der Waals surface area contributed by atoms with Gasteiger partial charge in [0.25, 0.3) is 0 Å². The zero-order valence-corrected chi connectivity index (χ0v) is 29.9. The van der Waals surface area contributed by atoms with E-state index in [1.54, 1.807) is 18.5 Å². The number of ether oxygens (including phenoxy) is 2. The third-order valence-corrected chi connectivity index (χ3v) is 9.89. The molecule has 2 aliphatic heterocycles.